The summed E-state index contributed by atoms with van der Waals surface area (Å²) in [6.45, 7) is 9.30. The smallest absolute Gasteiger partial charge is 0.306 e. The van der Waals surface area contributed by atoms with Crippen molar-refractivity contribution in [1.29, 1.82) is 0 Å². The number of esters is 1. The number of aliphatic hydroxyl groups is 1. The van der Waals surface area contributed by atoms with Gasteiger partial charge in [0.05, 0.1) is 12.0 Å². The van der Waals surface area contributed by atoms with Crippen LogP contribution in [0.3, 0.4) is 0 Å². The van der Waals surface area contributed by atoms with E-state index in [1.807, 2.05) is 0 Å². The topological polar surface area (TPSA) is 110 Å². The molecule has 172 valence electrons. The Balaban J connectivity index is 2.71. The van der Waals surface area contributed by atoms with Crippen LogP contribution in [-0.2, 0) is 23.9 Å². The third kappa shape index (κ3) is 9.28. The SMILES string of the molecule is C=C(CCC(OC=O)[C@H](O)CC(C)C(=O)O)C(OC(C)=O)C(C)CC1CCCCC1. The summed E-state index contributed by atoms with van der Waals surface area (Å²) in [5.41, 5.74) is 0.714. The van der Waals surface area contributed by atoms with Gasteiger partial charge in [-0.2, -0.15) is 0 Å². The summed E-state index contributed by atoms with van der Waals surface area (Å²) in [4.78, 5) is 33.5. The molecule has 0 heterocycles. The fourth-order valence-electron chi connectivity index (χ4n) is 4.36. The Morgan fingerprint density at radius 2 is 1.83 bits per heavy atom. The van der Waals surface area contributed by atoms with E-state index < -0.39 is 30.2 Å². The summed E-state index contributed by atoms with van der Waals surface area (Å²) < 4.78 is 10.6. The average Bonchev–Trinajstić information content (AvgIpc) is 2.69. The van der Waals surface area contributed by atoms with Gasteiger partial charge in [-0.1, -0.05) is 52.5 Å². The number of carbonyl (C=O) groups excluding carboxylic acids is 2. The van der Waals surface area contributed by atoms with Crippen molar-refractivity contribution >= 4 is 18.4 Å². The van der Waals surface area contributed by atoms with Crippen LogP contribution in [0.5, 0.6) is 0 Å². The maximum atomic E-state index is 11.7. The van der Waals surface area contributed by atoms with Crippen LogP contribution in [-0.4, -0.2) is 46.9 Å². The van der Waals surface area contributed by atoms with E-state index in [-0.39, 0.29) is 31.2 Å². The van der Waals surface area contributed by atoms with E-state index in [0.717, 1.165) is 6.42 Å². The van der Waals surface area contributed by atoms with Crippen molar-refractivity contribution in [2.24, 2.45) is 17.8 Å². The fraction of sp³-hybridized carbons (Fsp3) is 0.783. The van der Waals surface area contributed by atoms with Crippen molar-refractivity contribution in [2.45, 2.75) is 96.9 Å². The van der Waals surface area contributed by atoms with E-state index in [1.54, 1.807) is 0 Å². The normalized spacial score (nSPS) is 19.7. The van der Waals surface area contributed by atoms with E-state index in [0.29, 0.717) is 17.9 Å². The quantitative estimate of drug-likeness (QED) is 0.246. The summed E-state index contributed by atoms with van der Waals surface area (Å²) in [5, 5.41) is 19.3. The Bertz CT molecular complexity index is 568. The van der Waals surface area contributed by atoms with Crippen LogP contribution in [0.15, 0.2) is 12.2 Å². The largest absolute Gasteiger partial charge is 0.481 e. The molecule has 0 aromatic carbocycles. The number of hydrogen-bond donors (Lipinski definition) is 2. The summed E-state index contributed by atoms with van der Waals surface area (Å²) >= 11 is 0. The highest BCUT2D eigenvalue weighted by atomic mass is 16.5. The van der Waals surface area contributed by atoms with Gasteiger partial charge in [-0.25, -0.2) is 0 Å². The van der Waals surface area contributed by atoms with Crippen molar-refractivity contribution in [3.63, 3.8) is 0 Å². The van der Waals surface area contributed by atoms with E-state index in [4.69, 9.17) is 14.6 Å². The minimum atomic E-state index is -1.10. The predicted octanol–water partition coefficient (Wildman–Crippen LogP) is 3.87. The lowest BCUT2D eigenvalue weighted by Gasteiger charge is -2.31. The lowest BCUT2D eigenvalue weighted by atomic mass is 9.80. The molecule has 4 unspecified atom stereocenters. The van der Waals surface area contributed by atoms with Crippen molar-refractivity contribution in [3.8, 4) is 0 Å². The molecule has 7 heteroatoms. The Hall–Kier alpha value is -1.89. The first-order valence-electron chi connectivity index (χ1n) is 11.0. The van der Waals surface area contributed by atoms with Crippen LogP contribution in [0.2, 0.25) is 0 Å². The van der Waals surface area contributed by atoms with Crippen LogP contribution < -0.4 is 0 Å². The number of aliphatic carboxylic acids is 1. The van der Waals surface area contributed by atoms with Crippen LogP contribution in [0.4, 0.5) is 0 Å². The van der Waals surface area contributed by atoms with E-state index >= 15 is 0 Å². The number of carboxylic acid groups (broad SMARTS) is 1. The maximum Gasteiger partial charge on any atom is 0.306 e. The second kappa shape index (κ2) is 13.4. The maximum absolute atomic E-state index is 11.7. The molecule has 0 amide bonds. The highest BCUT2D eigenvalue weighted by Gasteiger charge is 2.29. The minimum Gasteiger partial charge on any atom is -0.481 e. The van der Waals surface area contributed by atoms with E-state index in [1.165, 1.54) is 46.0 Å². The van der Waals surface area contributed by atoms with Gasteiger partial charge in [-0.3, -0.25) is 14.4 Å². The molecule has 0 saturated heterocycles. The molecule has 1 rings (SSSR count). The molecule has 1 saturated carbocycles. The first-order valence-corrected chi connectivity index (χ1v) is 11.0. The van der Waals surface area contributed by atoms with Crippen molar-refractivity contribution < 1.29 is 34.1 Å². The first kappa shape index (κ1) is 26.1. The number of aliphatic hydroxyl groups excluding tert-OH is 1. The zero-order chi connectivity index (χ0) is 22.7. The number of ether oxygens (including phenoxy) is 2. The highest BCUT2D eigenvalue weighted by molar-refractivity contribution is 5.69. The van der Waals surface area contributed by atoms with Crippen LogP contribution in [0.1, 0.15) is 78.6 Å². The summed E-state index contributed by atoms with van der Waals surface area (Å²) in [6, 6.07) is 0. The van der Waals surface area contributed by atoms with Gasteiger partial charge in [0, 0.05) is 6.92 Å². The molecule has 30 heavy (non-hydrogen) atoms. The van der Waals surface area contributed by atoms with Crippen molar-refractivity contribution in [2.75, 3.05) is 0 Å². The summed E-state index contributed by atoms with van der Waals surface area (Å²) in [7, 11) is 0. The molecular formula is C23H38O7. The van der Waals surface area contributed by atoms with Gasteiger partial charge in [0.25, 0.3) is 6.47 Å². The Kier molecular flexibility index (Phi) is 11.7. The molecule has 1 fully saturated rings. The van der Waals surface area contributed by atoms with Gasteiger partial charge in [0.15, 0.2) is 0 Å². The van der Waals surface area contributed by atoms with Gasteiger partial charge in [-0.05, 0) is 43.1 Å². The molecule has 0 spiro atoms. The van der Waals surface area contributed by atoms with Crippen LogP contribution >= 0.6 is 0 Å². The summed E-state index contributed by atoms with van der Waals surface area (Å²) in [5.74, 6) is -1.40. The zero-order valence-electron chi connectivity index (χ0n) is 18.5. The molecule has 2 N–H and O–H groups in total. The standard InChI is InChI=1S/C23H38O7/c1-15(10-11-21(29-14-24)20(26)13-17(3)23(27)28)22(30-18(4)25)16(2)12-19-8-6-5-7-9-19/h14,16-17,19-22,26H,1,5-13H2,2-4H3,(H,27,28)/t16?,17?,20-,21?,22?/m1/s1. The molecule has 1 aliphatic carbocycles. The molecule has 5 atom stereocenters. The van der Waals surface area contributed by atoms with Gasteiger partial charge in [-0.15, -0.1) is 0 Å². The molecule has 0 aliphatic heterocycles. The van der Waals surface area contributed by atoms with Crippen molar-refractivity contribution in [3.05, 3.63) is 12.2 Å². The average molecular weight is 427 g/mol. The molecule has 7 nitrogen and oxygen atoms in total. The Morgan fingerprint density at radius 3 is 2.37 bits per heavy atom. The van der Waals surface area contributed by atoms with Crippen LogP contribution in [0.25, 0.3) is 0 Å². The van der Waals surface area contributed by atoms with Gasteiger partial charge >= 0.3 is 11.9 Å². The molecule has 1 aliphatic rings. The monoisotopic (exact) mass is 426 g/mol. The third-order valence-corrected chi connectivity index (χ3v) is 6.07. The number of hydrogen-bond acceptors (Lipinski definition) is 6. The number of rotatable bonds is 14. The Labute approximate surface area is 179 Å². The second-order valence-corrected chi connectivity index (χ2v) is 8.76. The molecular weight excluding hydrogens is 388 g/mol. The molecule has 0 aromatic rings. The highest BCUT2D eigenvalue weighted by Crippen LogP contribution is 2.33. The van der Waals surface area contributed by atoms with Gasteiger partial charge < -0.3 is 19.7 Å². The summed E-state index contributed by atoms with van der Waals surface area (Å²) in [6.07, 6.45) is 5.41. The lowest BCUT2D eigenvalue weighted by Crippen LogP contribution is -2.33. The van der Waals surface area contributed by atoms with Gasteiger partial charge in [0.2, 0.25) is 0 Å². The van der Waals surface area contributed by atoms with Crippen molar-refractivity contribution in [1.82, 2.24) is 0 Å². The number of carboxylic acids is 1. The Morgan fingerprint density at radius 1 is 1.20 bits per heavy atom. The predicted molar refractivity (Wildman–Crippen MR) is 113 cm³/mol. The van der Waals surface area contributed by atoms with E-state index in [9.17, 15) is 19.5 Å². The zero-order valence-corrected chi connectivity index (χ0v) is 18.5. The third-order valence-electron chi connectivity index (χ3n) is 6.07. The van der Waals surface area contributed by atoms with Crippen LogP contribution in [0, 0.1) is 17.8 Å². The molecule has 0 radical (unpaired) electrons. The fourth-order valence-corrected chi connectivity index (χ4v) is 4.36. The molecule has 0 aromatic heterocycles. The van der Waals surface area contributed by atoms with Gasteiger partial charge in [0.1, 0.15) is 12.2 Å². The molecule has 0 bridgehead atoms. The van der Waals surface area contributed by atoms with E-state index in [2.05, 4.69) is 13.5 Å². The second-order valence-electron chi connectivity index (χ2n) is 8.76. The first-order chi connectivity index (χ1) is 14.1. The number of carbonyl (C=O) groups is 3. The lowest BCUT2D eigenvalue weighted by molar-refractivity contribution is -0.147. The minimum absolute atomic E-state index is 0.0221.